The van der Waals surface area contributed by atoms with E-state index in [9.17, 15) is 4.79 Å². The molecule has 0 radical (unpaired) electrons. The van der Waals surface area contributed by atoms with Crippen molar-refractivity contribution in [2.45, 2.75) is 39.2 Å². The van der Waals surface area contributed by atoms with Crippen LogP contribution in [0.5, 0.6) is 0 Å². The molecule has 0 saturated carbocycles. The normalized spacial score (nSPS) is 17.2. The Labute approximate surface area is 85.5 Å². The lowest BCUT2D eigenvalue weighted by atomic mass is 9.91. The zero-order valence-electron chi connectivity index (χ0n) is 9.22. The molecule has 1 heterocycles. The van der Waals surface area contributed by atoms with E-state index >= 15 is 0 Å². The molecule has 1 aliphatic rings. The predicted molar refractivity (Wildman–Crippen MR) is 56.0 cm³/mol. The van der Waals surface area contributed by atoms with Crippen LogP contribution in [0.1, 0.15) is 33.6 Å². The van der Waals surface area contributed by atoms with Gasteiger partial charge in [-0.2, -0.15) is 0 Å². The maximum absolute atomic E-state index is 12.0. The van der Waals surface area contributed by atoms with Gasteiger partial charge in [-0.05, 0) is 33.2 Å². The molecule has 0 aromatic carbocycles. The van der Waals surface area contributed by atoms with Crippen molar-refractivity contribution in [3.05, 3.63) is 11.8 Å². The van der Waals surface area contributed by atoms with Crippen LogP contribution in [-0.2, 0) is 9.53 Å². The van der Waals surface area contributed by atoms with Gasteiger partial charge in [0.15, 0.2) is 5.78 Å². The summed E-state index contributed by atoms with van der Waals surface area (Å²) in [5.74, 6) is 0.152. The summed E-state index contributed by atoms with van der Waals surface area (Å²) in [6.07, 6.45) is 3.40. The molecular weight excluding hydrogens is 178 g/mol. The lowest BCUT2D eigenvalue weighted by Gasteiger charge is -2.26. The predicted octanol–water partition coefficient (Wildman–Crippen LogP) is 1.64. The first kappa shape index (κ1) is 11.2. The molecule has 0 spiro atoms. The highest BCUT2D eigenvalue weighted by Gasteiger charge is 2.29. The average Bonchev–Trinajstić information content (AvgIpc) is 2.18. The van der Waals surface area contributed by atoms with E-state index in [2.05, 4.69) is 5.32 Å². The van der Waals surface area contributed by atoms with Crippen LogP contribution in [0.15, 0.2) is 11.8 Å². The Bertz CT molecular complexity index is 244. The highest BCUT2D eigenvalue weighted by molar-refractivity contribution is 6.01. The van der Waals surface area contributed by atoms with E-state index in [-0.39, 0.29) is 5.78 Å². The van der Waals surface area contributed by atoms with Gasteiger partial charge in [0, 0.05) is 5.57 Å². The van der Waals surface area contributed by atoms with Crippen LogP contribution >= 0.6 is 0 Å². The summed E-state index contributed by atoms with van der Waals surface area (Å²) >= 11 is 0. The van der Waals surface area contributed by atoms with Gasteiger partial charge in [-0.25, -0.2) is 0 Å². The number of hydrogen-bond donors (Lipinski definition) is 1. The van der Waals surface area contributed by atoms with Crippen molar-refractivity contribution >= 4 is 5.78 Å². The first-order chi connectivity index (χ1) is 6.58. The monoisotopic (exact) mass is 197 g/mol. The molecule has 0 aromatic rings. The molecule has 1 rings (SSSR count). The molecule has 0 aliphatic carbocycles. The zero-order chi connectivity index (χ0) is 10.6. The largest absolute Gasteiger partial charge is 0.501 e. The van der Waals surface area contributed by atoms with Gasteiger partial charge >= 0.3 is 0 Å². The minimum Gasteiger partial charge on any atom is -0.501 e. The molecule has 0 aromatic heterocycles. The third-order valence-electron chi connectivity index (χ3n) is 2.41. The summed E-state index contributed by atoms with van der Waals surface area (Å²) in [6, 6.07) is 0. The van der Waals surface area contributed by atoms with Gasteiger partial charge in [0.2, 0.25) is 0 Å². The van der Waals surface area contributed by atoms with Crippen LogP contribution < -0.4 is 5.32 Å². The Morgan fingerprint density at radius 3 is 2.86 bits per heavy atom. The van der Waals surface area contributed by atoms with Crippen molar-refractivity contribution in [1.82, 2.24) is 5.32 Å². The highest BCUT2D eigenvalue weighted by Crippen LogP contribution is 2.18. The van der Waals surface area contributed by atoms with E-state index in [1.165, 1.54) is 0 Å². The molecule has 80 valence electrons. The van der Waals surface area contributed by atoms with Crippen molar-refractivity contribution in [3.8, 4) is 0 Å². The lowest BCUT2D eigenvalue weighted by molar-refractivity contribution is -0.121. The van der Waals surface area contributed by atoms with E-state index in [0.717, 1.165) is 31.6 Å². The second-order valence-electron chi connectivity index (χ2n) is 4.10. The van der Waals surface area contributed by atoms with Crippen molar-refractivity contribution < 1.29 is 9.53 Å². The second-order valence-corrected chi connectivity index (χ2v) is 4.10. The van der Waals surface area contributed by atoms with Gasteiger partial charge in [-0.15, -0.1) is 0 Å². The Hall–Kier alpha value is -0.830. The summed E-state index contributed by atoms with van der Waals surface area (Å²) in [5.41, 5.74) is 0.337. The smallest absolute Gasteiger partial charge is 0.181 e. The van der Waals surface area contributed by atoms with Gasteiger partial charge in [0.05, 0.1) is 18.4 Å². The maximum atomic E-state index is 12.0. The Balaban J connectivity index is 2.67. The topological polar surface area (TPSA) is 38.3 Å². The molecule has 0 amide bonds. The Morgan fingerprint density at radius 2 is 2.36 bits per heavy atom. The van der Waals surface area contributed by atoms with Crippen LogP contribution in [0.25, 0.3) is 0 Å². The summed E-state index contributed by atoms with van der Waals surface area (Å²) in [7, 11) is 0. The number of hydrogen-bond acceptors (Lipinski definition) is 3. The maximum Gasteiger partial charge on any atom is 0.181 e. The van der Waals surface area contributed by atoms with Gasteiger partial charge in [-0.1, -0.05) is 6.92 Å². The first-order valence-electron chi connectivity index (χ1n) is 5.18. The van der Waals surface area contributed by atoms with E-state index in [1.54, 1.807) is 6.26 Å². The molecule has 3 nitrogen and oxygen atoms in total. The standard InChI is InChI=1S/C11H19NO2/c1-4-12-11(2,3)10(13)9-6-5-7-14-8-9/h8,12H,4-7H2,1-3H3. The third kappa shape index (κ3) is 2.58. The summed E-state index contributed by atoms with van der Waals surface area (Å²) < 4.78 is 5.17. The number of carbonyl (C=O) groups is 1. The lowest BCUT2D eigenvalue weighted by Crippen LogP contribution is -2.47. The van der Waals surface area contributed by atoms with E-state index < -0.39 is 5.54 Å². The highest BCUT2D eigenvalue weighted by atomic mass is 16.5. The van der Waals surface area contributed by atoms with Crippen LogP contribution in [0.2, 0.25) is 0 Å². The molecular formula is C11H19NO2. The summed E-state index contributed by atoms with van der Waals surface area (Å²) in [5, 5.41) is 3.17. The molecule has 0 atom stereocenters. The van der Waals surface area contributed by atoms with Crippen molar-refractivity contribution in [2.75, 3.05) is 13.2 Å². The number of likely N-dealkylation sites (N-methyl/N-ethyl adjacent to an activating group) is 1. The molecule has 1 N–H and O–H groups in total. The first-order valence-corrected chi connectivity index (χ1v) is 5.18. The van der Waals surface area contributed by atoms with Crippen LogP contribution in [0, 0.1) is 0 Å². The fraction of sp³-hybridized carbons (Fsp3) is 0.727. The minimum absolute atomic E-state index is 0.152. The molecule has 14 heavy (non-hydrogen) atoms. The van der Waals surface area contributed by atoms with Gasteiger partial charge < -0.3 is 10.1 Å². The summed E-state index contributed by atoms with van der Waals surface area (Å²) in [4.78, 5) is 12.0. The van der Waals surface area contributed by atoms with E-state index in [1.807, 2.05) is 20.8 Å². The van der Waals surface area contributed by atoms with Gasteiger partial charge in [0.25, 0.3) is 0 Å². The Kier molecular flexibility index (Phi) is 3.69. The molecule has 1 aliphatic heterocycles. The molecule has 3 heteroatoms. The van der Waals surface area contributed by atoms with E-state index in [0.29, 0.717) is 0 Å². The SMILES string of the molecule is CCNC(C)(C)C(=O)C1=COCCC1. The molecule has 0 saturated heterocycles. The molecule has 0 bridgehead atoms. The third-order valence-corrected chi connectivity index (χ3v) is 2.41. The van der Waals surface area contributed by atoms with Crippen LogP contribution in [0.4, 0.5) is 0 Å². The summed E-state index contributed by atoms with van der Waals surface area (Å²) in [6.45, 7) is 7.36. The number of Topliss-reactive ketones (excluding diaryl/α,β-unsaturated/α-hetero) is 1. The number of ketones is 1. The van der Waals surface area contributed by atoms with Crippen LogP contribution in [0.3, 0.4) is 0 Å². The number of nitrogens with one attached hydrogen (secondary N) is 1. The number of ether oxygens (including phenoxy) is 1. The molecule has 0 unspecified atom stereocenters. The van der Waals surface area contributed by atoms with Crippen LogP contribution in [-0.4, -0.2) is 24.5 Å². The number of carbonyl (C=O) groups excluding carboxylic acids is 1. The zero-order valence-corrected chi connectivity index (χ0v) is 9.22. The van der Waals surface area contributed by atoms with Crippen molar-refractivity contribution in [2.24, 2.45) is 0 Å². The number of rotatable bonds is 4. The average molecular weight is 197 g/mol. The fourth-order valence-electron chi connectivity index (χ4n) is 1.66. The van der Waals surface area contributed by atoms with E-state index in [4.69, 9.17) is 4.74 Å². The quantitative estimate of drug-likeness (QED) is 0.744. The minimum atomic E-state index is -0.471. The van der Waals surface area contributed by atoms with Gasteiger partial charge in [-0.3, -0.25) is 4.79 Å². The second kappa shape index (κ2) is 4.60. The van der Waals surface area contributed by atoms with Crippen molar-refractivity contribution in [3.63, 3.8) is 0 Å². The molecule has 0 fully saturated rings. The van der Waals surface area contributed by atoms with Crippen molar-refractivity contribution in [1.29, 1.82) is 0 Å². The fourth-order valence-corrected chi connectivity index (χ4v) is 1.66. The Morgan fingerprint density at radius 1 is 1.64 bits per heavy atom. The van der Waals surface area contributed by atoms with Gasteiger partial charge in [0.1, 0.15) is 0 Å².